The van der Waals surface area contributed by atoms with Crippen molar-refractivity contribution >= 4 is 17.7 Å². The third-order valence-electron chi connectivity index (χ3n) is 4.79. The van der Waals surface area contributed by atoms with E-state index in [9.17, 15) is 4.79 Å². The molecule has 118 valence electrons. The highest BCUT2D eigenvalue weighted by molar-refractivity contribution is 7.99. The summed E-state index contributed by atoms with van der Waals surface area (Å²) in [4.78, 5) is 13.8. The number of amides is 1. The van der Waals surface area contributed by atoms with Crippen molar-refractivity contribution in [1.29, 1.82) is 0 Å². The molecule has 1 aliphatic heterocycles. The quantitative estimate of drug-likeness (QED) is 0.722. The molecule has 0 bridgehead atoms. The lowest BCUT2D eigenvalue weighted by atomic mass is 10.1. The fourth-order valence-corrected chi connectivity index (χ4v) is 4.11. The molecule has 1 rings (SSSR count). The summed E-state index contributed by atoms with van der Waals surface area (Å²) in [7, 11) is 3.93. The number of quaternary nitrogens is 1. The second-order valence-corrected chi connectivity index (χ2v) is 7.63. The highest BCUT2D eigenvalue weighted by Crippen LogP contribution is 2.23. The zero-order chi connectivity index (χ0) is 15.2. The molecule has 1 aliphatic rings. The largest absolute Gasteiger partial charge is 0.359 e. The van der Waals surface area contributed by atoms with Crippen LogP contribution < -0.4 is 5.32 Å². The number of nitrogens with zero attached hydrogens (tertiary/aromatic N) is 2. The number of hydrogen-bond donors (Lipinski definition) is 1. The zero-order valence-corrected chi connectivity index (χ0v) is 14.6. The lowest BCUT2D eigenvalue weighted by Crippen LogP contribution is -2.63. The standard InChI is InChI=1S/C15H31N3OS/c1-6-18(9-7-17(5)8-10-18)13(2)12-20-14(3)11-15(19)16-4/h13-14H,6-12H2,1-5H3/p+1. The van der Waals surface area contributed by atoms with Crippen LogP contribution in [0.4, 0.5) is 0 Å². The Balaban J connectivity index is 2.43. The highest BCUT2D eigenvalue weighted by Gasteiger charge is 2.35. The maximum absolute atomic E-state index is 11.4. The third kappa shape index (κ3) is 4.93. The van der Waals surface area contributed by atoms with E-state index >= 15 is 0 Å². The molecule has 0 radical (unpaired) electrons. The van der Waals surface area contributed by atoms with Gasteiger partial charge in [0.15, 0.2) is 0 Å². The van der Waals surface area contributed by atoms with Crippen LogP contribution in [-0.2, 0) is 4.79 Å². The first kappa shape index (κ1) is 17.8. The van der Waals surface area contributed by atoms with Gasteiger partial charge in [0.25, 0.3) is 0 Å². The molecule has 0 aliphatic carbocycles. The van der Waals surface area contributed by atoms with E-state index in [4.69, 9.17) is 0 Å². The smallest absolute Gasteiger partial charge is 0.220 e. The molecule has 0 aromatic heterocycles. The maximum atomic E-state index is 11.4. The monoisotopic (exact) mass is 302 g/mol. The summed E-state index contributed by atoms with van der Waals surface area (Å²) in [5, 5.41) is 3.11. The molecule has 5 heteroatoms. The lowest BCUT2D eigenvalue weighted by molar-refractivity contribution is -0.949. The number of thioether (sulfide) groups is 1. The number of carbonyl (C=O) groups is 1. The Hall–Kier alpha value is -0.260. The van der Waals surface area contributed by atoms with E-state index in [2.05, 4.69) is 38.0 Å². The molecule has 1 heterocycles. The summed E-state index contributed by atoms with van der Waals surface area (Å²) in [5.41, 5.74) is 0. The summed E-state index contributed by atoms with van der Waals surface area (Å²) in [6.45, 7) is 13.0. The molecule has 1 amide bonds. The molecule has 0 aromatic carbocycles. The van der Waals surface area contributed by atoms with E-state index in [0.29, 0.717) is 17.7 Å². The SMILES string of the molecule is CC[N+]1(C(C)CSC(C)CC(=O)NC)CCN(C)CC1. The van der Waals surface area contributed by atoms with Gasteiger partial charge in [-0.15, -0.1) is 0 Å². The van der Waals surface area contributed by atoms with Crippen molar-refractivity contribution in [3.05, 3.63) is 0 Å². The second-order valence-electron chi connectivity index (χ2n) is 6.16. The van der Waals surface area contributed by atoms with Crippen LogP contribution in [0.25, 0.3) is 0 Å². The fraction of sp³-hybridized carbons (Fsp3) is 0.933. The average molecular weight is 303 g/mol. The van der Waals surface area contributed by atoms with Gasteiger partial charge in [0, 0.05) is 37.6 Å². The minimum Gasteiger partial charge on any atom is -0.359 e. The minimum absolute atomic E-state index is 0.150. The van der Waals surface area contributed by atoms with E-state index in [1.807, 2.05) is 11.8 Å². The molecular weight excluding hydrogens is 270 g/mol. The first-order valence-electron chi connectivity index (χ1n) is 7.80. The number of likely N-dealkylation sites (N-methyl/N-ethyl adjacent to an activating group) is 2. The molecule has 0 aromatic rings. The molecule has 0 spiro atoms. The van der Waals surface area contributed by atoms with Crippen molar-refractivity contribution in [2.75, 3.05) is 52.6 Å². The number of rotatable bonds is 7. The normalized spacial score (nSPS) is 22.2. The summed E-state index contributed by atoms with van der Waals surface area (Å²) < 4.78 is 1.24. The third-order valence-corrected chi connectivity index (χ3v) is 6.20. The van der Waals surface area contributed by atoms with Crippen LogP contribution in [0.2, 0.25) is 0 Å². The molecule has 1 saturated heterocycles. The van der Waals surface area contributed by atoms with Crippen molar-refractivity contribution in [3.63, 3.8) is 0 Å². The fourth-order valence-electron chi connectivity index (χ4n) is 2.92. The Morgan fingerprint density at radius 2 is 1.95 bits per heavy atom. The number of nitrogens with one attached hydrogen (secondary N) is 1. The van der Waals surface area contributed by atoms with Gasteiger partial charge in [-0.2, -0.15) is 11.8 Å². The van der Waals surface area contributed by atoms with E-state index in [1.165, 1.54) is 37.2 Å². The number of carbonyl (C=O) groups excluding carboxylic acids is 1. The van der Waals surface area contributed by atoms with Gasteiger partial charge in [0.2, 0.25) is 5.91 Å². The predicted molar refractivity (Wildman–Crippen MR) is 88.1 cm³/mol. The molecule has 1 N–H and O–H groups in total. The van der Waals surface area contributed by atoms with Crippen LogP contribution in [-0.4, -0.2) is 79.2 Å². The Kier molecular flexibility index (Phi) is 7.34. The summed E-state index contributed by atoms with van der Waals surface area (Å²) in [6.07, 6.45) is 0.628. The Morgan fingerprint density at radius 3 is 2.45 bits per heavy atom. The molecule has 2 atom stereocenters. The maximum Gasteiger partial charge on any atom is 0.220 e. The highest BCUT2D eigenvalue weighted by atomic mass is 32.2. The summed E-state index contributed by atoms with van der Waals surface area (Å²) in [6, 6.07) is 0.672. The van der Waals surface area contributed by atoms with Gasteiger partial charge in [-0.3, -0.25) is 9.69 Å². The molecule has 0 saturated carbocycles. The van der Waals surface area contributed by atoms with E-state index < -0.39 is 0 Å². The van der Waals surface area contributed by atoms with Gasteiger partial charge in [0.1, 0.15) is 0 Å². The van der Waals surface area contributed by atoms with Crippen LogP contribution in [0.1, 0.15) is 27.2 Å². The summed E-state index contributed by atoms with van der Waals surface area (Å²) in [5.74, 6) is 1.30. The Bertz CT molecular complexity index is 303. The minimum atomic E-state index is 0.150. The van der Waals surface area contributed by atoms with Gasteiger partial charge in [-0.25, -0.2) is 0 Å². The number of piperazine rings is 1. The summed E-state index contributed by atoms with van der Waals surface area (Å²) >= 11 is 1.95. The molecular formula is C15H32N3OS+. The molecule has 1 fully saturated rings. The van der Waals surface area contributed by atoms with Crippen LogP contribution in [0, 0.1) is 0 Å². The predicted octanol–water partition coefficient (Wildman–Crippen LogP) is 1.41. The van der Waals surface area contributed by atoms with Gasteiger partial charge in [-0.05, 0) is 20.9 Å². The van der Waals surface area contributed by atoms with Crippen molar-refractivity contribution < 1.29 is 9.28 Å². The molecule has 2 unspecified atom stereocenters. The van der Waals surface area contributed by atoms with Crippen molar-refractivity contribution in [3.8, 4) is 0 Å². The van der Waals surface area contributed by atoms with Crippen molar-refractivity contribution in [1.82, 2.24) is 10.2 Å². The first-order valence-corrected chi connectivity index (χ1v) is 8.85. The lowest BCUT2D eigenvalue weighted by Gasteiger charge is -2.47. The van der Waals surface area contributed by atoms with Crippen LogP contribution in [0.5, 0.6) is 0 Å². The zero-order valence-electron chi connectivity index (χ0n) is 13.8. The van der Waals surface area contributed by atoms with Crippen LogP contribution in [0.3, 0.4) is 0 Å². The number of hydrogen-bond acceptors (Lipinski definition) is 3. The van der Waals surface area contributed by atoms with Gasteiger partial charge >= 0.3 is 0 Å². The van der Waals surface area contributed by atoms with E-state index in [1.54, 1.807) is 7.05 Å². The topological polar surface area (TPSA) is 32.3 Å². The average Bonchev–Trinajstić information content (AvgIpc) is 2.45. The van der Waals surface area contributed by atoms with E-state index in [-0.39, 0.29) is 5.91 Å². The van der Waals surface area contributed by atoms with Crippen LogP contribution >= 0.6 is 11.8 Å². The van der Waals surface area contributed by atoms with Crippen molar-refractivity contribution in [2.24, 2.45) is 0 Å². The van der Waals surface area contributed by atoms with Crippen LogP contribution in [0.15, 0.2) is 0 Å². The van der Waals surface area contributed by atoms with Crippen molar-refractivity contribution in [2.45, 2.75) is 38.5 Å². The van der Waals surface area contributed by atoms with Gasteiger partial charge in [-0.1, -0.05) is 6.92 Å². The first-order chi connectivity index (χ1) is 9.43. The van der Waals surface area contributed by atoms with Gasteiger partial charge in [0.05, 0.1) is 25.7 Å². The Labute approximate surface area is 128 Å². The van der Waals surface area contributed by atoms with Gasteiger partial charge < -0.3 is 9.80 Å². The second kappa shape index (κ2) is 8.25. The molecule has 4 nitrogen and oxygen atoms in total. The Morgan fingerprint density at radius 1 is 1.35 bits per heavy atom. The van der Waals surface area contributed by atoms with E-state index in [0.717, 1.165) is 5.75 Å². The molecule has 20 heavy (non-hydrogen) atoms.